The SMILES string of the molecule is COC(=O)C1/C(=C\Cc2ccccc2)SC(=Nc2ccc(Br)cc2)C12N(Cc1ccc(Cl)cc1)CCN2Cc1ccc(Cl)cc1. The Morgan fingerprint density at radius 2 is 1.42 bits per heavy atom. The molecule has 45 heavy (non-hydrogen) atoms. The van der Waals surface area contributed by atoms with Crippen LogP contribution in [0.15, 0.2) is 124 Å². The molecular formula is C36H32BrCl2N3O2S. The number of hydrogen-bond donors (Lipinski definition) is 0. The van der Waals surface area contributed by atoms with Crippen molar-refractivity contribution in [2.45, 2.75) is 25.2 Å². The fourth-order valence-corrected chi connectivity index (χ4v) is 8.10. The van der Waals surface area contributed by atoms with E-state index >= 15 is 0 Å². The lowest BCUT2D eigenvalue weighted by atomic mass is 9.88. The lowest BCUT2D eigenvalue weighted by molar-refractivity contribution is -0.150. The van der Waals surface area contributed by atoms with Crippen LogP contribution >= 0.6 is 50.9 Å². The molecule has 0 amide bonds. The fourth-order valence-electron chi connectivity index (χ4n) is 6.13. The van der Waals surface area contributed by atoms with Crippen molar-refractivity contribution in [2.24, 2.45) is 10.9 Å². The third kappa shape index (κ3) is 6.94. The van der Waals surface area contributed by atoms with Gasteiger partial charge in [0.1, 0.15) is 16.6 Å². The van der Waals surface area contributed by atoms with Crippen LogP contribution in [0.1, 0.15) is 16.7 Å². The molecule has 1 spiro atoms. The zero-order valence-corrected chi connectivity index (χ0v) is 28.6. The maximum atomic E-state index is 14.1. The number of carbonyl (C=O) groups excluding carboxylic acids is 1. The Bertz CT molecular complexity index is 1640. The van der Waals surface area contributed by atoms with Gasteiger partial charge in [-0.05, 0) is 71.6 Å². The van der Waals surface area contributed by atoms with Crippen molar-refractivity contribution in [3.63, 3.8) is 0 Å². The quantitative estimate of drug-likeness (QED) is 0.170. The number of carbonyl (C=O) groups is 1. The summed E-state index contributed by atoms with van der Waals surface area (Å²) >= 11 is 17.7. The van der Waals surface area contributed by atoms with Gasteiger partial charge in [0.05, 0.1) is 12.8 Å². The number of rotatable bonds is 8. The van der Waals surface area contributed by atoms with Gasteiger partial charge in [-0.3, -0.25) is 14.6 Å². The number of allylic oxidation sites excluding steroid dienone is 1. The molecule has 0 aromatic heterocycles. The number of methoxy groups -OCH3 is 1. The van der Waals surface area contributed by atoms with Crippen LogP contribution in [0.5, 0.6) is 0 Å². The van der Waals surface area contributed by atoms with Crippen LogP contribution in [0.2, 0.25) is 10.0 Å². The number of aliphatic imine (C=N–C) groups is 1. The molecule has 230 valence electrons. The Morgan fingerprint density at radius 1 is 0.867 bits per heavy atom. The molecule has 0 saturated carbocycles. The van der Waals surface area contributed by atoms with Gasteiger partial charge in [0.25, 0.3) is 0 Å². The van der Waals surface area contributed by atoms with Gasteiger partial charge in [0, 0.05) is 45.6 Å². The summed E-state index contributed by atoms with van der Waals surface area (Å²) < 4.78 is 6.58. The van der Waals surface area contributed by atoms with Gasteiger partial charge in [-0.25, -0.2) is 4.99 Å². The van der Waals surface area contributed by atoms with Gasteiger partial charge in [0.15, 0.2) is 0 Å². The van der Waals surface area contributed by atoms with Crippen LogP contribution in [-0.2, 0) is 29.0 Å². The molecule has 1 unspecified atom stereocenters. The lowest BCUT2D eigenvalue weighted by Crippen LogP contribution is -2.62. The highest BCUT2D eigenvalue weighted by Gasteiger charge is 2.64. The van der Waals surface area contributed by atoms with Crippen molar-refractivity contribution in [1.82, 2.24) is 9.80 Å². The summed E-state index contributed by atoms with van der Waals surface area (Å²) in [6, 6.07) is 34.1. The Labute approximate surface area is 287 Å². The summed E-state index contributed by atoms with van der Waals surface area (Å²) in [5.74, 6) is -0.903. The maximum absolute atomic E-state index is 14.1. The van der Waals surface area contributed by atoms with Gasteiger partial charge in [-0.1, -0.05) is 112 Å². The van der Waals surface area contributed by atoms with Gasteiger partial charge < -0.3 is 4.74 Å². The van der Waals surface area contributed by atoms with Crippen molar-refractivity contribution in [1.29, 1.82) is 0 Å². The maximum Gasteiger partial charge on any atom is 0.317 e. The predicted octanol–water partition coefficient (Wildman–Crippen LogP) is 9.16. The molecule has 6 rings (SSSR count). The first-order valence-electron chi connectivity index (χ1n) is 14.7. The van der Waals surface area contributed by atoms with Gasteiger partial charge in [0.2, 0.25) is 0 Å². The smallest absolute Gasteiger partial charge is 0.317 e. The molecule has 4 aromatic rings. The normalized spacial score (nSPS) is 20.0. The van der Waals surface area contributed by atoms with E-state index in [4.69, 9.17) is 32.9 Å². The van der Waals surface area contributed by atoms with E-state index in [1.165, 1.54) is 12.7 Å². The van der Waals surface area contributed by atoms with E-state index in [0.717, 1.165) is 44.3 Å². The molecule has 0 radical (unpaired) electrons. The first-order chi connectivity index (χ1) is 21.9. The van der Waals surface area contributed by atoms with Crippen LogP contribution in [0, 0.1) is 5.92 Å². The number of esters is 1. The molecule has 2 aliphatic rings. The standard InChI is InChI=1S/C36H32BrCl2N3O2S/c1-44-34(43)33-32(20-11-25-5-3-2-4-6-25)45-35(40-31-18-12-28(37)13-19-31)36(33)41(23-26-7-14-29(38)15-8-26)21-22-42(36)24-27-9-16-30(39)17-10-27/h2-10,12-20,33H,11,21-24H2,1H3/b32-20+,40-35?. The fraction of sp³-hybridized carbons (Fsp3) is 0.222. The molecular weight excluding hydrogens is 689 g/mol. The summed E-state index contributed by atoms with van der Waals surface area (Å²) in [6.45, 7) is 2.67. The highest BCUT2D eigenvalue weighted by molar-refractivity contribution is 9.10. The molecule has 0 bridgehead atoms. The highest BCUT2D eigenvalue weighted by atomic mass is 79.9. The zero-order valence-electron chi connectivity index (χ0n) is 24.7. The van der Waals surface area contributed by atoms with E-state index in [1.807, 2.05) is 91.0 Å². The Kier molecular flexibility index (Phi) is 10.1. The third-order valence-electron chi connectivity index (χ3n) is 8.27. The molecule has 5 nitrogen and oxygen atoms in total. The van der Waals surface area contributed by atoms with Crippen molar-refractivity contribution < 1.29 is 9.53 Å². The second kappa shape index (κ2) is 14.2. The number of benzene rings is 4. The summed E-state index contributed by atoms with van der Waals surface area (Å²) in [4.78, 5) is 25.1. The van der Waals surface area contributed by atoms with Crippen LogP contribution in [0.3, 0.4) is 0 Å². The zero-order chi connectivity index (χ0) is 31.4. The van der Waals surface area contributed by atoms with E-state index in [0.29, 0.717) is 29.6 Å². The topological polar surface area (TPSA) is 45.1 Å². The average Bonchev–Trinajstić information content (AvgIpc) is 3.57. The molecule has 2 heterocycles. The van der Waals surface area contributed by atoms with Gasteiger partial charge >= 0.3 is 5.97 Å². The van der Waals surface area contributed by atoms with E-state index in [-0.39, 0.29) is 5.97 Å². The molecule has 1 atom stereocenters. The summed E-state index contributed by atoms with van der Waals surface area (Å²) in [5, 5.41) is 2.22. The monoisotopic (exact) mass is 719 g/mol. The van der Waals surface area contributed by atoms with E-state index in [1.54, 1.807) is 11.8 Å². The number of thioether (sulfide) groups is 1. The number of hydrogen-bond acceptors (Lipinski definition) is 6. The van der Waals surface area contributed by atoms with E-state index < -0.39 is 11.6 Å². The summed E-state index contributed by atoms with van der Waals surface area (Å²) in [6.07, 6.45) is 2.86. The van der Waals surface area contributed by atoms with Crippen molar-refractivity contribution in [3.05, 3.63) is 145 Å². The summed E-state index contributed by atoms with van der Waals surface area (Å²) in [7, 11) is 1.47. The van der Waals surface area contributed by atoms with Crippen molar-refractivity contribution in [2.75, 3.05) is 20.2 Å². The molecule has 9 heteroatoms. The Hall–Kier alpha value is -2.91. The van der Waals surface area contributed by atoms with Crippen LogP contribution in [-0.4, -0.2) is 46.7 Å². The number of halogens is 3. The van der Waals surface area contributed by atoms with Gasteiger partial charge in [-0.2, -0.15) is 0 Å². The molecule has 0 N–H and O–H groups in total. The first-order valence-corrected chi connectivity index (χ1v) is 17.1. The lowest BCUT2D eigenvalue weighted by Gasteiger charge is -2.44. The Morgan fingerprint density at radius 3 is 1.96 bits per heavy atom. The minimum absolute atomic E-state index is 0.285. The molecule has 2 fully saturated rings. The van der Waals surface area contributed by atoms with Crippen molar-refractivity contribution >= 4 is 67.6 Å². The first kappa shape index (κ1) is 32.0. The molecule has 0 aliphatic carbocycles. The second-order valence-electron chi connectivity index (χ2n) is 11.1. The predicted molar refractivity (Wildman–Crippen MR) is 189 cm³/mol. The van der Waals surface area contributed by atoms with Crippen LogP contribution < -0.4 is 0 Å². The second-order valence-corrected chi connectivity index (χ2v) is 13.9. The molecule has 4 aromatic carbocycles. The minimum atomic E-state index is -0.896. The Balaban J connectivity index is 1.53. The van der Waals surface area contributed by atoms with Crippen molar-refractivity contribution in [3.8, 4) is 0 Å². The molecule has 2 saturated heterocycles. The summed E-state index contributed by atoms with van der Waals surface area (Å²) in [5.41, 5.74) is 3.30. The number of ether oxygens (including phenoxy) is 1. The van der Waals surface area contributed by atoms with E-state index in [2.05, 4.69) is 43.9 Å². The third-order valence-corrected chi connectivity index (χ3v) is 10.5. The number of nitrogens with zero attached hydrogens (tertiary/aromatic N) is 3. The van der Waals surface area contributed by atoms with Crippen LogP contribution in [0.4, 0.5) is 5.69 Å². The average molecular weight is 722 g/mol. The molecule has 2 aliphatic heterocycles. The van der Waals surface area contributed by atoms with Gasteiger partial charge in [-0.15, -0.1) is 0 Å². The minimum Gasteiger partial charge on any atom is -0.468 e. The van der Waals surface area contributed by atoms with E-state index in [9.17, 15) is 4.79 Å². The van der Waals surface area contributed by atoms with Crippen LogP contribution in [0.25, 0.3) is 0 Å². The highest BCUT2D eigenvalue weighted by Crippen LogP contribution is 2.54. The largest absolute Gasteiger partial charge is 0.468 e.